The normalized spacial score (nSPS) is 12.5. The molecule has 0 aromatic heterocycles. The Labute approximate surface area is 158 Å². The van der Waals surface area contributed by atoms with E-state index in [4.69, 9.17) is 0 Å². The van der Waals surface area contributed by atoms with Crippen molar-refractivity contribution in [2.24, 2.45) is 0 Å². The lowest BCUT2D eigenvalue weighted by Gasteiger charge is -2.23. The van der Waals surface area contributed by atoms with E-state index >= 15 is 0 Å². The molecule has 5 nitrogen and oxygen atoms in total. The van der Waals surface area contributed by atoms with Crippen LogP contribution < -0.4 is 9.62 Å². The number of amides is 1. The molecule has 8 heteroatoms. The summed E-state index contributed by atoms with van der Waals surface area (Å²) in [6.07, 6.45) is 0.857. The van der Waals surface area contributed by atoms with Gasteiger partial charge in [0.05, 0.1) is 18.0 Å². The highest BCUT2D eigenvalue weighted by molar-refractivity contribution is 7.92. The smallest absolute Gasteiger partial charge is 0.241 e. The van der Waals surface area contributed by atoms with Crippen molar-refractivity contribution in [2.75, 3.05) is 17.1 Å². The van der Waals surface area contributed by atoms with E-state index in [0.29, 0.717) is 10.4 Å². The minimum absolute atomic E-state index is 0.365. The molecule has 0 spiro atoms. The van der Waals surface area contributed by atoms with Gasteiger partial charge in [0.1, 0.15) is 18.2 Å². The Hall–Kier alpha value is -2.48. The van der Waals surface area contributed by atoms with Crippen molar-refractivity contribution in [3.8, 4) is 0 Å². The van der Waals surface area contributed by atoms with Crippen molar-refractivity contribution in [3.63, 3.8) is 0 Å². The number of nitrogens with zero attached hydrogens (tertiary/aromatic N) is 1. The summed E-state index contributed by atoms with van der Waals surface area (Å²) < 4.78 is 51.8. The fourth-order valence-electron chi connectivity index (χ4n) is 2.60. The number of nitrogens with one attached hydrogen (secondary N) is 1. The van der Waals surface area contributed by atoms with Crippen LogP contribution in [0.15, 0.2) is 36.4 Å². The number of hydrogen-bond donors (Lipinski definition) is 1. The van der Waals surface area contributed by atoms with E-state index < -0.39 is 34.1 Å². The second kappa shape index (κ2) is 8.04. The van der Waals surface area contributed by atoms with Gasteiger partial charge in [-0.15, -0.1) is 0 Å². The van der Waals surface area contributed by atoms with Crippen LogP contribution in [0, 0.1) is 25.5 Å². The van der Waals surface area contributed by atoms with Crippen molar-refractivity contribution in [2.45, 2.75) is 26.8 Å². The van der Waals surface area contributed by atoms with E-state index in [-0.39, 0.29) is 11.7 Å². The molecule has 27 heavy (non-hydrogen) atoms. The van der Waals surface area contributed by atoms with Gasteiger partial charge in [0.25, 0.3) is 0 Å². The largest absolute Gasteiger partial charge is 0.348 e. The molecule has 1 N–H and O–H groups in total. The van der Waals surface area contributed by atoms with E-state index in [1.54, 1.807) is 6.92 Å². The highest BCUT2D eigenvalue weighted by atomic mass is 32.2. The Balaban J connectivity index is 2.20. The third kappa shape index (κ3) is 5.26. The molecule has 1 amide bonds. The van der Waals surface area contributed by atoms with Crippen molar-refractivity contribution in [3.05, 3.63) is 64.7 Å². The Morgan fingerprint density at radius 1 is 1.11 bits per heavy atom. The zero-order valence-corrected chi connectivity index (χ0v) is 16.4. The van der Waals surface area contributed by atoms with Gasteiger partial charge >= 0.3 is 0 Å². The van der Waals surface area contributed by atoms with Gasteiger partial charge < -0.3 is 5.32 Å². The first-order valence-electron chi connectivity index (χ1n) is 8.28. The molecular weight excluding hydrogens is 374 g/mol. The van der Waals surface area contributed by atoms with Crippen LogP contribution in [0.25, 0.3) is 0 Å². The van der Waals surface area contributed by atoms with Gasteiger partial charge in [-0.05, 0) is 49.6 Å². The van der Waals surface area contributed by atoms with Crippen molar-refractivity contribution < 1.29 is 22.0 Å². The lowest BCUT2D eigenvalue weighted by Crippen LogP contribution is -2.41. The fourth-order valence-corrected chi connectivity index (χ4v) is 3.46. The molecule has 0 unspecified atom stereocenters. The molecule has 2 aromatic rings. The first kappa shape index (κ1) is 20.8. The summed E-state index contributed by atoms with van der Waals surface area (Å²) in [6.45, 7) is 5.08. The summed E-state index contributed by atoms with van der Waals surface area (Å²) in [5.41, 5.74) is 2.67. The van der Waals surface area contributed by atoms with Crippen LogP contribution in [0.5, 0.6) is 0 Å². The van der Waals surface area contributed by atoms with Gasteiger partial charge in [-0.2, -0.15) is 0 Å². The Bertz CT molecular complexity index is 961. The van der Waals surface area contributed by atoms with Gasteiger partial charge in [0.2, 0.25) is 15.9 Å². The quantitative estimate of drug-likeness (QED) is 0.815. The summed E-state index contributed by atoms with van der Waals surface area (Å²) >= 11 is 0. The first-order valence-corrected chi connectivity index (χ1v) is 10.1. The van der Waals surface area contributed by atoms with Crippen molar-refractivity contribution in [1.82, 2.24) is 5.32 Å². The highest BCUT2D eigenvalue weighted by Gasteiger charge is 2.24. The number of sulfonamides is 1. The number of carbonyl (C=O) groups is 1. The number of carbonyl (C=O) groups excluding carboxylic acids is 1. The van der Waals surface area contributed by atoms with Gasteiger partial charge in [0, 0.05) is 6.07 Å². The average molecular weight is 396 g/mol. The molecule has 0 heterocycles. The third-order valence-electron chi connectivity index (χ3n) is 4.27. The molecule has 0 saturated heterocycles. The molecule has 0 aliphatic carbocycles. The zero-order chi connectivity index (χ0) is 20.4. The molecule has 0 aliphatic rings. The molecule has 0 radical (unpaired) electrons. The van der Waals surface area contributed by atoms with Gasteiger partial charge in [-0.1, -0.05) is 18.2 Å². The van der Waals surface area contributed by atoms with Crippen LogP contribution in [0.1, 0.15) is 29.7 Å². The van der Waals surface area contributed by atoms with Crippen LogP contribution in [0.3, 0.4) is 0 Å². The molecule has 0 saturated carbocycles. The van der Waals surface area contributed by atoms with Crippen LogP contribution in [-0.2, 0) is 14.8 Å². The molecule has 146 valence electrons. The van der Waals surface area contributed by atoms with Gasteiger partial charge in [-0.3, -0.25) is 9.10 Å². The van der Waals surface area contributed by atoms with E-state index in [1.165, 1.54) is 0 Å². The SMILES string of the molecule is Cc1ccc([C@@H](C)NC(=O)CN(c2ccc(F)cc2F)S(C)(=O)=O)cc1C. The highest BCUT2D eigenvalue weighted by Crippen LogP contribution is 2.23. The lowest BCUT2D eigenvalue weighted by molar-refractivity contribution is -0.120. The number of aryl methyl sites for hydroxylation is 2. The Kier molecular flexibility index (Phi) is 6.20. The second-order valence-electron chi connectivity index (χ2n) is 6.50. The number of rotatable bonds is 6. The lowest BCUT2D eigenvalue weighted by atomic mass is 10.0. The fraction of sp³-hybridized carbons (Fsp3) is 0.316. The van der Waals surface area contributed by atoms with E-state index in [9.17, 15) is 22.0 Å². The van der Waals surface area contributed by atoms with Crippen molar-refractivity contribution >= 4 is 21.6 Å². The Morgan fingerprint density at radius 2 is 1.78 bits per heavy atom. The maximum Gasteiger partial charge on any atom is 0.241 e. The molecule has 2 aromatic carbocycles. The van der Waals surface area contributed by atoms with E-state index in [0.717, 1.165) is 35.1 Å². The monoisotopic (exact) mass is 396 g/mol. The number of anilines is 1. The average Bonchev–Trinajstić information content (AvgIpc) is 2.54. The van der Waals surface area contributed by atoms with Crippen LogP contribution >= 0.6 is 0 Å². The van der Waals surface area contributed by atoms with E-state index in [1.807, 2.05) is 32.0 Å². The standard InChI is InChI=1S/C19H22F2N2O3S/c1-12-5-6-15(9-13(12)2)14(3)22-19(24)11-23(27(4,25)26)18-8-7-16(20)10-17(18)21/h5-10,14H,11H2,1-4H3,(H,22,24)/t14-/m1/s1. The maximum atomic E-state index is 14.0. The topological polar surface area (TPSA) is 66.5 Å². The predicted molar refractivity (Wildman–Crippen MR) is 101 cm³/mol. The number of hydrogen-bond acceptors (Lipinski definition) is 3. The zero-order valence-electron chi connectivity index (χ0n) is 15.6. The van der Waals surface area contributed by atoms with Crippen LogP contribution in [0.2, 0.25) is 0 Å². The summed E-state index contributed by atoms with van der Waals surface area (Å²) in [7, 11) is -3.95. The minimum atomic E-state index is -3.95. The number of benzene rings is 2. The van der Waals surface area contributed by atoms with Crippen LogP contribution in [-0.4, -0.2) is 27.1 Å². The first-order chi connectivity index (χ1) is 12.5. The minimum Gasteiger partial charge on any atom is -0.348 e. The summed E-state index contributed by atoms with van der Waals surface area (Å²) in [6, 6.07) is 7.89. The van der Waals surface area contributed by atoms with Crippen molar-refractivity contribution in [1.29, 1.82) is 0 Å². The summed E-state index contributed by atoms with van der Waals surface area (Å²) in [4.78, 5) is 12.4. The summed E-state index contributed by atoms with van der Waals surface area (Å²) in [5, 5.41) is 2.70. The second-order valence-corrected chi connectivity index (χ2v) is 8.41. The number of halogens is 2. The molecule has 0 fully saturated rings. The van der Waals surface area contributed by atoms with Crippen LogP contribution in [0.4, 0.5) is 14.5 Å². The van der Waals surface area contributed by atoms with Gasteiger partial charge in [-0.25, -0.2) is 17.2 Å². The summed E-state index contributed by atoms with van der Waals surface area (Å²) in [5.74, 6) is -2.50. The third-order valence-corrected chi connectivity index (χ3v) is 5.40. The maximum absolute atomic E-state index is 14.0. The predicted octanol–water partition coefficient (Wildman–Crippen LogP) is 3.23. The van der Waals surface area contributed by atoms with Gasteiger partial charge in [0.15, 0.2) is 0 Å². The van der Waals surface area contributed by atoms with E-state index in [2.05, 4.69) is 5.32 Å². The molecule has 0 aliphatic heterocycles. The molecular formula is C19H22F2N2O3S. The molecule has 1 atom stereocenters. The Morgan fingerprint density at radius 3 is 2.33 bits per heavy atom. The molecule has 0 bridgehead atoms. The molecule has 2 rings (SSSR count).